The number of aromatic nitrogens is 2. The van der Waals surface area contributed by atoms with E-state index >= 15 is 0 Å². The van der Waals surface area contributed by atoms with Crippen LogP contribution in [0.4, 0.5) is 5.69 Å². The number of nitrogens with zero attached hydrogens (tertiary/aromatic N) is 2. The van der Waals surface area contributed by atoms with Crippen molar-refractivity contribution in [3.63, 3.8) is 0 Å². The van der Waals surface area contributed by atoms with Crippen LogP contribution in [0, 0.1) is 0 Å². The highest BCUT2D eigenvalue weighted by molar-refractivity contribution is 6.58. The van der Waals surface area contributed by atoms with Crippen molar-refractivity contribution in [1.82, 2.24) is 9.97 Å². The molecule has 0 bridgehead atoms. The van der Waals surface area contributed by atoms with Gasteiger partial charge in [0.2, 0.25) is 0 Å². The molecule has 2 heterocycles. The molecule has 0 aliphatic carbocycles. The van der Waals surface area contributed by atoms with E-state index in [2.05, 4.69) is 5.32 Å². The number of benzene rings is 3. The molecule has 1 amide bonds. The van der Waals surface area contributed by atoms with E-state index in [0.717, 1.165) is 39.7 Å². The molecule has 5 rings (SSSR count). The molecule has 0 unspecified atom stereocenters. The second-order valence-corrected chi connectivity index (χ2v) is 8.57. The molecule has 0 fully saturated rings. The van der Waals surface area contributed by atoms with Gasteiger partial charge in [-0.2, -0.15) is 0 Å². The molecule has 7 nitrogen and oxygen atoms in total. The molecule has 0 aliphatic heterocycles. The number of hydrogen-bond acceptors (Lipinski definition) is 6. The lowest BCUT2D eigenvalue weighted by Crippen LogP contribution is -2.29. The van der Waals surface area contributed by atoms with Gasteiger partial charge < -0.3 is 20.1 Å². The Morgan fingerprint density at radius 2 is 1.18 bits per heavy atom. The van der Waals surface area contributed by atoms with E-state index in [0.29, 0.717) is 16.7 Å². The number of rotatable bonds is 7. The van der Waals surface area contributed by atoms with Gasteiger partial charge in [-0.25, -0.2) is 9.97 Å². The lowest BCUT2D eigenvalue weighted by Gasteiger charge is -2.09. The Morgan fingerprint density at radius 1 is 0.684 bits per heavy atom. The van der Waals surface area contributed by atoms with Gasteiger partial charge in [0.05, 0.1) is 29.9 Å². The van der Waals surface area contributed by atoms with Gasteiger partial charge in [-0.3, -0.25) is 4.79 Å². The van der Waals surface area contributed by atoms with Gasteiger partial charge in [0, 0.05) is 22.4 Å². The third-order valence-electron chi connectivity index (χ3n) is 6.06. The van der Waals surface area contributed by atoms with Gasteiger partial charge in [-0.15, -0.1) is 0 Å². The summed E-state index contributed by atoms with van der Waals surface area (Å²) in [6.07, 6.45) is 0. The van der Waals surface area contributed by atoms with E-state index in [4.69, 9.17) is 14.7 Å². The molecule has 3 N–H and O–H groups in total. The summed E-state index contributed by atoms with van der Waals surface area (Å²) in [5.74, 6) is 0.502. The van der Waals surface area contributed by atoms with Gasteiger partial charge in [0.25, 0.3) is 5.91 Å². The van der Waals surface area contributed by atoms with Crippen LogP contribution in [0.3, 0.4) is 0 Å². The third-order valence-corrected chi connectivity index (χ3v) is 6.06. The van der Waals surface area contributed by atoms with E-state index in [1.807, 2.05) is 84.9 Å². The minimum Gasteiger partial charge on any atom is -0.497 e. The number of nitrogens with one attached hydrogen (secondary N) is 1. The third kappa shape index (κ3) is 5.62. The molecule has 5 aromatic rings. The average Bonchev–Trinajstić information content (AvgIpc) is 2.98. The summed E-state index contributed by atoms with van der Waals surface area (Å²) in [6, 6.07) is 33.0. The van der Waals surface area contributed by atoms with Crippen LogP contribution in [-0.4, -0.2) is 40.2 Å². The standard InChI is InChI=1S/C30H24BN3O4/c1-38-25-18-12-21(13-19-25)27-5-3-7-29(34-27)28-6-2-4-26(33-28)20-10-16-24(17-11-20)32-30(35)22-8-14-23(15-9-22)31(36)37/h2-19,36-37H,1H3,(H,32,35). The fraction of sp³-hybridized carbons (Fsp3) is 0.0333. The van der Waals surface area contributed by atoms with Crippen molar-refractivity contribution in [2.75, 3.05) is 12.4 Å². The van der Waals surface area contributed by atoms with Crippen molar-refractivity contribution < 1.29 is 19.6 Å². The largest absolute Gasteiger partial charge is 0.497 e. The van der Waals surface area contributed by atoms with Gasteiger partial charge in [0.15, 0.2) is 0 Å². The molecule has 0 spiro atoms. The highest BCUT2D eigenvalue weighted by Crippen LogP contribution is 2.26. The molecule has 2 aromatic heterocycles. The van der Waals surface area contributed by atoms with Crippen LogP contribution in [0.2, 0.25) is 0 Å². The van der Waals surface area contributed by atoms with Gasteiger partial charge >= 0.3 is 7.12 Å². The van der Waals surface area contributed by atoms with Crippen molar-refractivity contribution in [1.29, 1.82) is 0 Å². The SMILES string of the molecule is COc1ccc(-c2cccc(-c3cccc(-c4ccc(NC(=O)c5ccc(B(O)O)cc5)cc4)n3)n2)cc1. The highest BCUT2D eigenvalue weighted by Gasteiger charge is 2.13. The molecule has 0 saturated carbocycles. The van der Waals surface area contributed by atoms with Crippen LogP contribution in [0.1, 0.15) is 10.4 Å². The Hall–Kier alpha value is -4.79. The second-order valence-electron chi connectivity index (χ2n) is 8.57. The summed E-state index contributed by atoms with van der Waals surface area (Å²) >= 11 is 0. The second kappa shape index (κ2) is 11.1. The summed E-state index contributed by atoms with van der Waals surface area (Å²) in [5.41, 5.74) is 6.42. The van der Waals surface area contributed by atoms with Crippen LogP contribution in [0.5, 0.6) is 5.75 Å². The van der Waals surface area contributed by atoms with Crippen LogP contribution in [-0.2, 0) is 0 Å². The molecular formula is C30H24BN3O4. The van der Waals surface area contributed by atoms with Gasteiger partial charge in [-0.05, 0) is 78.3 Å². The molecule has 3 aromatic carbocycles. The summed E-state index contributed by atoms with van der Waals surface area (Å²) < 4.78 is 5.24. The quantitative estimate of drug-likeness (QED) is 0.285. The molecule has 8 heteroatoms. The molecule has 0 saturated heterocycles. The zero-order valence-corrected chi connectivity index (χ0v) is 20.6. The zero-order valence-electron chi connectivity index (χ0n) is 20.6. The van der Waals surface area contributed by atoms with E-state index in [-0.39, 0.29) is 5.91 Å². The Labute approximate surface area is 220 Å². The van der Waals surface area contributed by atoms with Gasteiger partial charge in [-0.1, -0.05) is 36.4 Å². The number of pyridine rings is 2. The minimum atomic E-state index is -1.57. The number of amides is 1. The first kappa shape index (κ1) is 24.9. The van der Waals surface area contributed by atoms with E-state index in [9.17, 15) is 14.8 Å². The smallest absolute Gasteiger partial charge is 0.488 e. The van der Waals surface area contributed by atoms with Crippen LogP contribution < -0.4 is 15.5 Å². The van der Waals surface area contributed by atoms with Gasteiger partial charge in [0.1, 0.15) is 5.75 Å². The molecule has 0 atom stereocenters. The summed E-state index contributed by atoms with van der Waals surface area (Å²) in [6.45, 7) is 0. The number of methoxy groups -OCH3 is 1. The summed E-state index contributed by atoms with van der Waals surface area (Å²) in [7, 11) is 0.0722. The predicted octanol–water partition coefficient (Wildman–Crippen LogP) is 4.42. The Bertz CT molecular complexity index is 1550. The minimum absolute atomic E-state index is 0.292. The molecule has 0 aliphatic rings. The van der Waals surface area contributed by atoms with E-state index in [1.54, 1.807) is 19.2 Å². The van der Waals surface area contributed by atoms with Crippen molar-refractivity contribution in [2.24, 2.45) is 0 Å². The first-order valence-electron chi connectivity index (χ1n) is 12.0. The van der Waals surface area contributed by atoms with Crippen LogP contribution in [0.25, 0.3) is 33.9 Å². The fourth-order valence-corrected chi connectivity index (χ4v) is 3.97. The Kier molecular flexibility index (Phi) is 7.26. The lowest BCUT2D eigenvalue weighted by molar-refractivity contribution is 0.102. The zero-order chi connectivity index (χ0) is 26.5. The van der Waals surface area contributed by atoms with Crippen LogP contribution >= 0.6 is 0 Å². The number of carbonyl (C=O) groups is 1. The average molecular weight is 501 g/mol. The van der Waals surface area contributed by atoms with Crippen molar-refractivity contribution in [3.8, 4) is 39.7 Å². The molecule has 38 heavy (non-hydrogen) atoms. The number of ether oxygens (including phenoxy) is 1. The predicted molar refractivity (Wildman–Crippen MR) is 149 cm³/mol. The Balaban J connectivity index is 1.32. The number of hydrogen-bond donors (Lipinski definition) is 3. The monoisotopic (exact) mass is 501 g/mol. The highest BCUT2D eigenvalue weighted by atomic mass is 16.5. The fourth-order valence-electron chi connectivity index (χ4n) is 3.97. The maximum Gasteiger partial charge on any atom is 0.488 e. The van der Waals surface area contributed by atoms with Crippen molar-refractivity contribution in [3.05, 3.63) is 115 Å². The maximum atomic E-state index is 12.6. The summed E-state index contributed by atoms with van der Waals surface area (Å²) in [5, 5.41) is 21.3. The maximum absolute atomic E-state index is 12.6. The molecular weight excluding hydrogens is 477 g/mol. The van der Waals surface area contributed by atoms with Crippen molar-refractivity contribution in [2.45, 2.75) is 0 Å². The first-order chi connectivity index (χ1) is 18.5. The Morgan fingerprint density at radius 3 is 1.68 bits per heavy atom. The van der Waals surface area contributed by atoms with Crippen LogP contribution in [0.15, 0.2) is 109 Å². The normalized spacial score (nSPS) is 10.6. The number of anilines is 1. The van der Waals surface area contributed by atoms with E-state index in [1.165, 1.54) is 12.1 Å². The summed E-state index contributed by atoms with van der Waals surface area (Å²) in [4.78, 5) is 22.2. The molecule has 0 radical (unpaired) electrons. The lowest BCUT2D eigenvalue weighted by atomic mass is 9.80. The van der Waals surface area contributed by atoms with Crippen molar-refractivity contribution >= 4 is 24.2 Å². The molecule has 186 valence electrons. The topological polar surface area (TPSA) is 105 Å². The van der Waals surface area contributed by atoms with E-state index < -0.39 is 7.12 Å². The first-order valence-corrected chi connectivity index (χ1v) is 12.0. The number of carbonyl (C=O) groups excluding carboxylic acids is 1.